The van der Waals surface area contributed by atoms with Crippen molar-refractivity contribution in [3.8, 4) is 0 Å². The molecule has 0 aromatic carbocycles. The summed E-state index contributed by atoms with van der Waals surface area (Å²) in [6, 6.07) is 0. The highest BCUT2D eigenvalue weighted by Gasteiger charge is 2.34. The number of nitrogens with zero attached hydrogens (tertiary/aromatic N) is 1. The van der Waals surface area contributed by atoms with Gasteiger partial charge < -0.3 is 14.6 Å². The van der Waals surface area contributed by atoms with Gasteiger partial charge in [-0.15, -0.1) is 11.3 Å². The Kier molecular flexibility index (Phi) is 5.90. The molecule has 0 saturated heterocycles. The van der Waals surface area contributed by atoms with E-state index in [4.69, 9.17) is 9.47 Å². The van der Waals surface area contributed by atoms with Crippen LogP contribution in [0.25, 0.3) is 0 Å². The molecule has 0 aliphatic rings. The predicted octanol–water partition coefficient (Wildman–Crippen LogP) is 3.04. The zero-order valence-corrected chi connectivity index (χ0v) is 12.7. The molecule has 0 radical (unpaired) electrons. The Labute approximate surface area is 117 Å². The number of carboxylic acids is 1. The molecule has 0 bridgehead atoms. The van der Waals surface area contributed by atoms with Crippen molar-refractivity contribution in [3.63, 3.8) is 0 Å². The molecule has 0 amide bonds. The average Bonchev–Trinajstić information content (AvgIpc) is 2.81. The van der Waals surface area contributed by atoms with Crippen molar-refractivity contribution >= 4 is 17.3 Å². The largest absolute Gasteiger partial charge is 0.477 e. The summed E-state index contributed by atoms with van der Waals surface area (Å²) in [6.45, 7) is 6.76. The monoisotopic (exact) mass is 287 g/mol. The maximum absolute atomic E-state index is 11.2. The number of carboxylic acid groups (broad SMARTS) is 1. The number of methoxy groups -OCH3 is 1. The van der Waals surface area contributed by atoms with E-state index in [-0.39, 0.29) is 11.5 Å². The highest BCUT2D eigenvalue weighted by atomic mass is 32.1. The van der Waals surface area contributed by atoms with E-state index in [2.05, 4.69) is 4.98 Å². The number of ether oxygens (including phenoxy) is 2. The van der Waals surface area contributed by atoms with E-state index in [0.29, 0.717) is 12.3 Å². The maximum atomic E-state index is 11.2. The standard InChI is InChI=1S/C13H21NO4S/c1-5-13(6-2,18-7-3)12-14-9(8-17-4)10(19-12)11(15)16/h5-8H2,1-4H3,(H,15,16). The van der Waals surface area contributed by atoms with Crippen molar-refractivity contribution in [3.05, 3.63) is 15.6 Å². The lowest BCUT2D eigenvalue weighted by Crippen LogP contribution is -2.28. The summed E-state index contributed by atoms with van der Waals surface area (Å²) in [7, 11) is 1.53. The highest BCUT2D eigenvalue weighted by molar-refractivity contribution is 7.13. The molecule has 1 rings (SSSR count). The topological polar surface area (TPSA) is 68.7 Å². The van der Waals surface area contributed by atoms with E-state index in [9.17, 15) is 9.90 Å². The van der Waals surface area contributed by atoms with Crippen molar-refractivity contribution in [1.29, 1.82) is 0 Å². The molecule has 0 aliphatic heterocycles. The number of hydrogen-bond donors (Lipinski definition) is 1. The van der Waals surface area contributed by atoms with E-state index >= 15 is 0 Å². The Morgan fingerprint density at radius 1 is 1.37 bits per heavy atom. The van der Waals surface area contributed by atoms with Crippen LogP contribution >= 0.6 is 11.3 Å². The molecule has 0 atom stereocenters. The van der Waals surface area contributed by atoms with Crippen LogP contribution in [0.2, 0.25) is 0 Å². The van der Waals surface area contributed by atoms with Crippen LogP contribution in [-0.2, 0) is 21.7 Å². The molecular formula is C13H21NO4S. The Hall–Kier alpha value is -0.980. The Bertz CT molecular complexity index is 426. The first-order valence-corrected chi connectivity index (χ1v) is 7.22. The minimum Gasteiger partial charge on any atom is -0.477 e. The molecule has 0 fully saturated rings. The third kappa shape index (κ3) is 3.32. The molecule has 19 heavy (non-hydrogen) atoms. The lowest BCUT2D eigenvalue weighted by Gasteiger charge is -2.29. The van der Waals surface area contributed by atoms with Gasteiger partial charge in [0.05, 0.1) is 12.3 Å². The van der Waals surface area contributed by atoms with Gasteiger partial charge in [-0.3, -0.25) is 0 Å². The van der Waals surface area contributed by atoms with Gasteiger partial charge >= 0.3 is 5.97 Å². The summed E-state index contributed by atoms with van der Waals surface area (Å²) in [4.78, 5) is 15.9. The highest BCUT2D eigenvalue weighted by Crippen LogP contribution is 2.37. The molecule has 0 unspecified atom stereocenters. The van der Waals surface area contributed by atoms with E-state index < -0.39 is 11.6 Å². The van der Waals surface area contributed by atoms with Crippen LogP contribution in [0.15, 0.2) is 0 Å². The second-order valence-corrected chi connectivity index (χ2v) is 5.17. The lowest BCUT2D eigenvalue weighted by molar-refractivity contribution is -0.0508. The van der Waals surface area contributed by atoms with Crippen molar-refractivity contribution in [2.24, 2.45) is 0 Å². The number of aromatic nitrogens is 1. The zero-order chi connectivity index (χ0) is 14.5. The predicted molar refractivity (Wildman–Crippen MR) is 73.7 cm³/mol. The van der Waals surface area contributed by atoms with Crippen LogP contribution in [0.5, 0.6) is 0 Å². The quantitative estimate of drug-likeness (QED) is 0.796. The van der Waals surface area contributed by atoms with Crippen LogP contribution < -0.4 is 0 Å². The van der Waals surface area contributed by atoms with Crippen LogP contribution in [0.3, 0.4) is 0 Å². The number of hydrogen-bond acceptors (Lipinski definition) is 5. The number of aromatic carboxylic acids is 1. The van der Waals surface area contributed by atoms with Gasteiger partial charge in [0.15, 0.2) is 0 Å². The number of thiazole rings is 1. The van der Waals surface area contributed by atoms with Gasteiger partial charge in [0.25, 0.3) is 0 Å². The molecule has 0 saturated carbocycles. The van der Waals surface area contributed by atoms with Crippen LogP contribution in [0.4, 0.5) is 0 Å². The number of carbonyl (C=O) groups is 1. The smallest absolute Gasteiger partial charge is 0.347 e. The minimum atomic E-state index is -0.964. The lowest BCUT2D eigenvalue weighted by atomic mass is 9.98. The summed E-state index contributed by atoms with van der Waals surface area (Å²) < 4.78 is 10.9. The summed E-state index contributed by atoms with van der Waals surface area (Å²) in [5, 5.41) is 9.95. The molecule has 5 nitrogen and oxygen atoms in total. The van der Waals surface area contributed by atoms with Crippen LogP contribution in [0.1, 0.15) is 54.0 Å². The molecule has 108 valence electrons. The van der Waals surface area contributed by atoms with Gasteiger partial charge in [-0.25, -0.2) is 9.78 Å². The molecule has 0 aliphatic carbocycles. The number of rotatable bonds is 8. The van der Waals surface area contributed by atoms with Gasteiger partial charge in [-0.1, -0.05) is 13.8 Å². The van der Waals surface area contributed by atoms with Crippen molar-refractivity contribution < 1.29 is 19.4 Å². The van der Waals surface area contributed by atoms with E-state index in [1.807, 2.05) is 20.8 Å². The first-order valence-electron chi connectivity index (χ1n) is 6.40. The molecule has 0 spiro atoms. The first-order chi connectivity index (χ1) is 9.04. The van der Waals surface area contributed by atoms with Gasteiger partial charge in [0.1, 0.15) is 15.5 Å². The fourth-order valence-electron chi connectivity index (χ4n) is 2.04. The normalized spacial score (nSPS) is 11.8. The van der Waals surface area contributed by atoms with E-state index in [1.54, 1.807) is 0 Å². The fourth-order valence-corrected chi connectivity index (χ4v) is 3.24. The van der Waals surface area contributed by atoms with E-state index in [1.165, 1.54) is 18.4 Å². The molecule has 1 N–H and O–H groups in total. The Morgan fingerprint density at radius 3 is 2.42 bits per heavy atom. The summed E-state index contributed by atoms with van der Waals surface area (Å²) in [6.07, 6.45) is 1.52. The zero-order valence-electron chi connectivity index (χ0n) is 11.9. The molecule has 1 aromatic rings. The van der Waals surface area contributed by atoms with Crippen molar-refractivity contribution in [2.75, 3.05) is 13.7 Å². The van der Waals surface area contributed by atoms with Crippen LogP contribution in [-0.4, -0.2) is 29.8 Å². The minimum absolute atomic E-state index is 0.202. The van der Waals surface area contributed by atoms with Gasteiger partial charge in [-0.2, -0.15) is 0 Å². The van der Waals surface area contributed by atoms with Crippen molar-refractivity contribution in [1.82, 2.24) is 4.98 Å². The van der Waals surface area contributed by atoms with E-state index in [0.717, 1.165) is 17.8 Å². The fraction of sp³-hybridized carbons (Fsp3) is 0.692. The third-order valence-corrected chi connectivity index (χ3v) is 4.40. The molecule has 1 aromatic heterocycles. The van der Waals surface area contributed by atoms with Crippen LogP contribution in [0, 0.1) is 0 Å². The molecule has 1 heterocycles. The molecular weight excluding hydrogens is 266 g/mol. The van der Waals surface area contributed by atoms with Gasteiger partial charge in [0, 0.05) is 13.7 Å². The average molecular weight is 287 g/mol. The SMILES string of the molecule is CCOC(CC)(CC)c1nc(COC)c(C(=O)O)s1. The second kappa shape index (κ2) is 6.98. The first kappa shape index (κ1) is 16.1. The maximum Gasteiger partial charge on any atom is 0.347 e. The second-order valence-electron chi connectivity index (χ2n) is 4.17. The van der Waals surface area contributed by atoms with Gasteiger partial charge in [0.2, 0.25) is 0 Å². The van der Waals surface area contributed by atoms with Crippen molar-refractivity contribution in [2.45, 2.75) is 45.8 Å². The summed E-state index contributed by atoms with van der Waals surface area (Å²) in [5.41, 5.74) is -0.0173. The third-order valence-electron chi connectivity index (χ3n) is 3.13. The Balaban J connectivity index is 3.24. The summed E-state index contributed by atoms with van der Waals surface area (Å²) >= 11 is 1.19. The Morgan fingerprint density at radius 2 is 2.00 bits per heavy atom. The summed E-state index contributed by atoms with van der Waals surface area (Å²) in [5.74, 6) is -0.964. The molecule has 6 heteroatoms. The van der Waals surface area contributed by atoms with Gasteiger partial charge in [-0.05, 0) is 19.8 Å².